The molecular weight excluding hydrogens is 242 g/mol. The zero-order chi connectivity index (χ0) is 14.6. The van der Waals surface area contributed by atoms with Crippen LogP contribution in [0, 0.1) is 0 Å². The van der Waals surface area contributed by atoms with E-state index in [4.69, 9.17) is 11.5 Å². The third-order valence-electron chi connectivity index (χ3n) is 2.78. The summed E-state index contributed by atoms with van der Waals surface area (Å²) in [4.78, 5) is 22.4. The highest BCUT2D eigenvalue weighted by atomic mass is 16.2. The number of benzene rings is 1. The van der Waals surface area contributed by atoms with Crippen LogP contribution in [0.15, 0.2) is 24.3 Å². The molecular formula is C14H21N3O2. The number of carbonyl (C=O) groups excluding carboxylic acids is 2. The van der Waals surface area contributed by atoms with Crippen molar-refractivity contribution >= 4 is 17.5 Å². The average molecular weight is 263 g/mol. The molecule has 0 radical (unpaired) electrons. The van der Waals surface area contributed by atoms with Gasteiger partial charge in [0.2, 0.25) is 11.8 Å². The molecule has 104 valence electrons. The van der Waals surface area contributed by atoms with Crippen molar-refractivity contribution in [3.05, 3.63) is 29.8 Å². The molecule has 0 aromatic heterocycles. The van der Waals surface area contributed by atoms with E-state index < -0.39 is 17.9 Å². The van der Waals surface area contributed by atoms with E-state index in [1.165, 1.54) is 5.56 Å². The van der Waals surface area contributed by atoms with Gasteiger partial charge in [-0.1, -0.05) is 32.9 Å². The van der Waals surface area contributed by atoms with Gasteiger partial charge in [0.1, 0.15) is 0 Å². The van der Waals surface area contributed by atoms with Gasteiger partial charge < -0.3 is 16.8 Å². The lowest BCUT2D eigenvalue weighted by Crippen LogP contribution is -2.38. The van der Waals surface area contributed by atoms with Crippen molar-refractivity contribution in [1.29, 1.82) is 0 Å². The SMILES string of the molecule is CC(C)(C)c1ccc(NC(=O)[C@@H](N)CC(N)=O)cc1. The second-order valence-electron chi connectivity index (χ2n) is 5.59. The number of nitrogens with one attached hydrogen (secondary N) is 1. The fraction of sp³-hybridized carbons (Fsp3) is 0.429. The van der Waals surface area contributed by atoms with Crippen molar-refractivity contribution in [2.75, 3.05) is 5.32 Å². The second kappa shape index (κ2) is 5.84. The number of anilines is 1. The van der Waals surface area contributed by atoms with E-state index in [0.29, 0.717) is 5.69 Å². The fourth-order valence-corrected chi connectivity index (χ4v) is 1.60. The predicted molar refractivity (Wildman–Crippen MR) is 75.6 cm³/mol. The normalized spacial score (nSPS) is 12.8. The van der Waals surface area contributed by atoms with Gasteiger partial charge in [-0.15, -0.1) is 0 Å². The molecule has 1 atom stereocenters. The molecule has 0 saturated carbocycles. The Hall–Kier alpha value is -1.88. The highest BCUT2D eigenvalue weighted by molar-refractivity contribution is 5.97. The maximum Gasteiger partial charge on any atom is 0.241 e. The van der Waals surface area contributed by atoms with Crippen LogP contribution < -0.4 is 16.8 Å². The number of amides is 2. The first kappa shape index (κ1) is 15.2. The number of hydrogen-bond donors (Lipinski definition) is 3. The molecule has 0 spiro atoms. The molecule has 0 aliphatic rings. The largest absolute Gasteiger partial charge is 0.370 e. The van der Waals surface area contributed by atoms with E-state index >= 15 is 0 Å². The lowest BCUT2D eigenvalue weighted by molar-refractivity contribution is -0.123. The molecule has 1 aromatic rings. The Balaban J connectivity index is 2.68. The van der Waals surface area contributed by atoms with E-state index in [0.717, 1.165) is 0 Å². The predicted octanol–water partition coefficient (Wildman–Crippen LogP) is 1.13. The van der Waals surface area contributed by atoms with Gasteiger partial charge in [0.05, 0.1) is 12.5 Å². The van der Waals surface area contributed by atoms with Crippen LogP contribution >= 0.6 is 0 Å². The standard InChI is InChI=1S/C14H21N3O2/c1-14(2,3)9-4-6-10(7-5-9)17-13(19)11(15)8-12(16)18/h4-7,11H,8,15H2,1-3H3,(H2,16,18)(H,17,19)/t11-/m0/s1. The summed E-state index contributed by atoms with van der Waals surface area (Å²) in [6.07, 6.45) is -0.161. The maximum absolute atomic E-state index is 11.7. The van der Waals surface area contributed by atoms with Gasteiger partial charge >= 0.3 is 0 Å². The number of rotatable bonds is 4. The van der Waals surface area contributed by atoms with E-state index in [-0.39, 0.29) is 11.8 Å². The maximum atomic E-state index is 11.7. The minimum absolute atomic E-state index is 0.0604. The minimum atomic E-state index is -0.917. The van der Waals surface area contributed by atoms with Gasteiger partial charge in [-0.05, 0) is 23.1 Å². The minimum Gasteiger partial charge on any atom is -0.370 e. The van der Waals surface area contributed by atoms with Crippen LogP contribution in [0.1, 0.15) is 32.8 Å². The third kappa shape index (κ3) is 4.71. The van der Waals surface area contributed by atoms with Gasteiger partial charge in [-0.25, -0.2) is 0 Å². The Morgan fingerprint density at radius 2 is 1.74 bits per heavy atom. The monoisotopic (exact) mass is 263 g/mol. The molecule has 2 amide bonds. The second-order valence-corrected chi connectivity index (χ2v) is 5.59. The van der Waals surface area contributed by atoms with Crippen molar-refractivity contribution in [2.24, 2.45) is 11.5 Å². The van der Waals surface area contributed by atoms with Crippen LogP contribution in [-0.4, -0.2) is 17.9 Å². The Morgan fingerprint density at radius 3 is 2.16 bits per heavy atom. The van der Waals surface area contributed by atoms with Gasteiger partial charge in [-0.2, -0.15) is 0 Å². The van der Waals surface area contributed by atoms with Crippen LogP contribution in [-0.2, 0) is 15.0 Å². The van der Waals surface area contributed by atoms with Crippen molar-refractivity contribution in [3.8, 4) is 0 Å². The summed E-state index contributed by atoms with van der Waals surface area (Å²) >= 11 is 0. The Kier molecular flexibility index (Phi) is 4.67. The van der Waals surface area contributed by atoms with Gasteiger partial charge in [0.15, 0.2) is 0 Å². The van der Waals surface area contributed by atoms with Crippen molar-refractivity contribution in [2.45, 2.75) is 38.6 Å². The highest BCUT2D eigenvalue weighted by Crippen LogP contribution is 2.23. The molecule has 0 heterocycles. The molecule has 5 nitrogen and oxygen atoms in total. The molecule has 0 aliphatic carbocycles. The Labute approximate surface area is 113 Å². The number of primary amides is 1. The summed E-state index contributed by atoms with van der Waals surface area (Å²) < 4.78 is 0. The van der Waals surface area contributed by atoms with E-state index in [9.17, 15) is 9.59 Å². The number of hydrogen-bond acceptors (Lipinski definition) is 3. The molecule has 0 fully saturated rings. The van der Waals surface area contributed by atoms with E-state index in [1.807, 2.05) is 24.3 Å². The quantitative estimate of drug-likeness (QED) is 0.759. The molecule has 0 unspecified atom stereocenters. The summed E-state index contributed by atoms with van der Waals surface area (Å²) in [6, 6.07) is 6.62. The lowest BCUT2D eigenvalue weighted by Gasteiger charge is -2.19. The van der Waals surface area contributed by atoms with Crippen molar-refractivity contribution in [3.63, 3.8) is 0 Å². The summed E-state index contributed by atoms with van der Waals surface area (Å²) in [5.41, 5.74) is 12.4. The first-order valence-electron chi connectivity index (χ1n) is 6.15. The van der Waals surface area contributed by atoms with Crippen molar-refractivity contribution < 1.29 is 9.59 Å². The highest BCUT2D eigenvalue weighted by Gasteiger charge is 2.17. The van der Waals surface area contributed by atoms with Crippen LogP contribution in [0.2, 0.25) is 0 Å². The average Bonchev–Trinajstić information content (AvgIpc) is 2.27. The number of carbonyl (C=O) groups is 2. The molecule has 0 saturated heterocycles. The summed E-state index contributed by atoms with van der Waals surface area (Å²) in [5.74, 6) is -1.01. The van der Waals surface area contributed by atoms with E-state index in [2.05, 4.69) is 26.1 Å². The molecule has 19 heavy (non-hydrogen) atoms. The van der Waals surface area contributed by atoms with Gasteiger partial charge in [-0.3, -0.25) is 9.59 Å². The number of nitrogens with two attached hydrogens (primary N) is 2. The zero-order valence-corrected chi connectivity index (χ0v) is 11.6. The first-order chi connectivity index (χ1) is 8.70. The van der Waals surface area contributed by atoms with Crippen molar-refractivity contribution in [1.82, 2.24) is 0 Å². The van der Waals surface area contributed by atoms with Crippen LogP contribution in [0.3, 0.4) is 0 Å². The smallest absolute Gasteiger partial charge is 0.241 e. The van der Waals surface area contributed by atoms with Crippen LogP contribution in [0.4, 0.5) is 5.69 Å². The van der Waals surface area contributed by atoms with Crippen LogP contribution in [0.5, 0.6) is 0 Å². The van der Waals surface area contributed by atoms with E-state index in [1.54, 1.807) is 0 Å². The first-order valence-corrected chi connectivity index (χ1v) is 6.15. The Bertz CT molecular complexity index is 461. The lowest BCUT2D eigenvalue weighted by atomic mass is 9.87. The molecule has 1 rings (SSSR count). The van der Waals surface area contributed by atoms with Gasteiger partial charge in [0.25, 0.3) is 0 Å². The fourth-order valence-electron chi connectivity index (χ4n) is 1.60. The summed E-state index contributed by atoms with van der Waals surface area (Å²) in [6.45, 7) is 6.34. The summed E-state index contributed by atoms with van der Waals surface area (Å²) in [7, 11) is 0. The topological polar surface area (TPSA) is 98.2 Å². The Morgan fingerprint density at radius 1 is 1.21 bits per heavy atom. The molecule has 0 bridgehead atoms. The summed E-state index contributed by atoms with van der Waals surface area (Å²) in [5, 5.41) is 2.65. The van der Waals surface area contributed by atoms with Crippen LogP contribution in [0.25, 0.3) is 0 Å². The van der Waals surface area contributed by atoms with Gasteiger partial charge in [0, 0.05) is 5.69 Å². The third-order valence-corrected chi connectivity index (χ3v) is 2.78. The molecule has 0 aliphatic heterocycles. The molecule has 1 aromatic carbocycles. The zero-order valence-electron chi connectivity index (χ0n) is 11.6. The molecule has 5 N–H and O–H groups in total. The molecule has 5 heteroatoms.